The third kappa shape index (κ3) is 3.51. The lowest BCUT2D eigenvalue weighted by molar-refractivity contribution is -0.385. The van der Waals surface area contributed by atoms with Crippen LogP contribution in [0.4, 0.5) is 5.69 Å². The van der Waals surface area contributed by atoms with E-state index in [4.69, 9.17) is 0 Å². The summed E-state index contributed by atoms with van der Waals surface area (Å²) in [5, 5.41) is 17.9. The van der Waals surface area contributed by atoms with Crippen LogP contribution in [0.15, 0.2) is 28.9 Å². The molecule has 0 aliphatic rings. The van der Waals surface area contributed by atoms with Gasteiger partial charge in [0.1, 0.15) is 0 Å². The molecule has 0 bridgehead atoms. The second-order valence-electron chi connectivity index (χ2n) is 4.72. The fourth-order valence-corrected chi connectivity index (χ4v) is 2.39. The molecule has 0 saturated carbocycles. The maximum absolute atomic E-state index is 12.1. The highest BCUT2D eigenvalue weighted by Gasteiger charge is 2.15. The van der Waals surface area contributed by atoms with Crippen LogP contribution >= 0.6 is 15.9 Å². The summed E-state index contributed by atoms with van der Waals surface area (Å²) in [7, 11) is 0. The van der Waals surface area contributed by atoms with Gasteiger partial charge in [-0.1, -0.05) is 6.07 Å². The van der Waals surface area contributed by atoms with Crippen molar-refractivity contribution in [2.24, 2.45) is 0 Å². The van der Waals surface area contributed by atoms with Crippen LogP contribution < -0.4 is 5.32 Å². The Labute approximate surface area is 135 Å². The van der Waals surface area contributed by atoms with Crippen molar-refractivity contribution in [3.8, 4) is 0 Å². The lowest BCUT2D eigenvalue weighted by Crippen LogP contribution is -2.23. The molecule has 1 aromatic carbocycles. The van der Waals surface area contributed by atoms with Gasteiger partial charge in [0.15, 0.2) is 0 Å². The SMILES string of the molecule is CCn1cc(Br)c(CNC(=O)c2ccc(C)c([N+](=O)[O-])c2)n1. The molecule has 0 aliphatic carbocycles. The number of aromatic nitrogens is 2. The molecule has 0 atom stereocenters. The number of carbonyl (C=O) groups is 1. The van der Waals surface area contributed by atoms with E-state index in [1.165, 1.54) is 6.07 Å². The summed E-state index contributed by atoms with van der Waals surface area (Å²) in [5.41, 5.74) is 1.41. The first kappa shape index (κ1) is 16.2. The molecule has 2 rings (SSSR count). The fraction of sp³-hybridized carbons (Fsp3) is 0.286. The van der Waals surface area contributed by atoms with E-state index in [1.807, 2.05) is 13.1 Å². The van der Waals surface area contributed by atoms with Crippen LogP contribution in [0.2, 0.25) is 0 Å². The highest BCUT2D eigenvalue weighted by atomic mass is 79.9. The molecule has 7 nitrogen and oxygen atoms in total. The number of rotatable bonds is 5. The molecule has 0 aliphatic heterocycles. The average molecular weight is 367 g/mol. The second kappa shape index (κ2) is 6.69. The third-order valence-corrected chi connectivity index (χ3v) is 3.86. The molecule has 0 spiro atoms. The van der Waals surface area contributed by atoms with Crippen molar-refractivity contribution in [3.05, 3.63) is 55.8 Å². The Morgan fingerprint density at radius 3 is 2.82 bits per heavy atom. The molecule has 0 unspecified atom stereocenters. The van der Waals surface area contributed by atoms with Gasteiger partial charge >= 0.3 is 0 Å². The summed E-state index contributed by atoms with van der Waals surface area (Å²) in [6, 6.07) is 4.41. The molecule has 1 heterocycles. The topological polar surface area (TPSA) is 90.1 Å². The number of nitrogens with zero attached hydrogens (tertiary/aromatic N) is 3. The Kier molecular flexibility index (Phi) is 4.92. The second-order valence-corrected chi connectivity index (χ2v) is 5.57. The van der Waals surface area contributed by atoms with Crippen LogP contribution in [0, 0.1) is 17.0 Å². The zero-order valence-corrected chi connectivity index (χ0v) is 13.8. The summed E-state index contributed by atoms with van der Waals surface area (Å²) < 4.78 is 2.56. The van der Waals surface area contributed by atoms with Crippen molar-refractivity contribution < 1.29 is 9.72 Å². The summed E-state index contributed by atoms with van der Waals surface area (Å²) in [6.07, 6.45) is 1.83. The van der Waals surface area contributed by atoms with Gasteiger partial charge in [-0.3, -0.25) is 19.6 Å². The number of halogens is 1. The lowest BCUT2D eigenvalue weighted by atomic mass is 10.1. The number of hydrogen-bond acceptors (Lipinski definition) is 4. The number of amides is 1. The molecule has 2 aromatic rings. The number of aryl methyl sites for hydroxylation is 2. The minimum absolute atomic E-state index is 0.0657. The lowest BCUT2D eigenvalue weighted by Gasteiger charge is -2.05. The zero-order chi connectivity index (χ0) is 16.3. The van der Waals surface area contributed by atoms with Gasteiger partial charge in [0.2, 0.25) is 0 Å². The van der Waals surface area contributed by atoms with Crippen molar-refractivity contribution in [1.82, 2.24) is 15.1 Å². The van der Waals surface area contributed by atoms with Crippen LogP contribution in [0.5, 0.6) is 0 Å². The highest BCUT2D eigenvalue weighted by molar-refractivity contribution is 9.10. The molecule has 116 valence electrons. The minimum atomic E-state index is -0.494. The van der Waals surface area contributed by atoms with Crippen molar-refractivity contribution in [2.75, 3.05) is 0 Å². The number of nitro groups is 1. The van der Waals surface area contributed by atoms with Crippen molar-refractivity contribution in [1.29, 1.82) is 0 Å². The summed E-state index contributed by atoms with van der Waals surface area (Å²) in [6.45, 7) is 4.58. The Balaban J connectivity index is 2.10. The first-order valence-electron chi connectivity index (χ1n) is 6.67. The summed E-state index contributed by atoms with van der Waals surface area (Å²) >= 11 is 3.38. The monoisotopic (exact) mass is 366 g/mol. The van der Waals surface area contributed by atoms with E-state index in [0.717, 1.165) is 11.0 Å². The summed E-state index contributed by atoms with van der Waals surface area (Å²) in [4.78, 5) is 22.5. The van der Waals surface area contributed by atoms with E-state index >= 15 is 0 Å². The molecule has 1 aromatic heterocycles. The van der Waals surface area contributed by atoms with Gasteiger partial charge in [0, 0.05) is 29.9 Å². The van der Waals surface area contributed by atoms with Gasteiger partial charge in [-0.2, -0.15) is 5.10 Å². The zero-order valence-electron chi connectivity index (χ0n) is 12.2. The Morgan fingerprint density at radius 2 is 2.23 bits per heavy atom. The van der Waals surface area contributed by atoms with Gasteiger partial charge < -0.3 is 5.32 Å². The van der Waals surface area contributed by atoms with Crippen LogP contribution in [-0.4, -0.2) is 20.6 Å². The van der Waals surface area contributed by atoms with Gasteiger partial charge in [0.25, 0.3) is 11.6 Å². The Bertz CT molecular complexity index is 727. The molecule has 0 saturated heterocycles. The quantitative estimate of drug-likeness (QED) is 0.650. The standard InChI is InChI=1S/C14H15BrN4O3/c1-3-18-8-11(15)12(17-18)7-16-14(20)10-5-4-9(2)13(6-10)19(21)22/h4-6,8H,3,7H2,1-2H3,(H,16,20). The minimum Gasteiger partial charge on any atom is -0.346 e. The first-order valence-corrected chi connectivity index (χ1v) is 7.46. The van der Waals surface area contributed by atoms with Crippen molar-refractivity contribution in [3.63, 3.8) is 0 Å². The number of carbonyl (C=O) groups excluding carboxylic acids is 1. The molecular weight excluding hydrogens is 352 g/mol. The van der Waals surface area contributed by atoms with E-state index in [0.29, 0.717) is 11.3 Å². The smallest absolute Gasteiger partial charge is 0.273 e. The van der Waals surface area contributed by atoms with Gasteiger partial charge in [0.05, 0.1) is 21.6 Å². The fourth-order valence-electron chi connectivity index (χ4n) is 1.93. The van der Waals surface area contributed by atoms with Gasteiger partial charge in [-0.05, 0) is 35.8 Å². The van der Waals surface area contributed by atoms with Crippen molar-refractivity contribution in [2.45, 2.75) is 26.9 Å². The third-order valence-electron chi connectivity index (χ3n) is 3.20. The molecule has 8 heteroatoms. The normalized spacial score (nSPS) is 10.5. The number of nitro benzene ring substituents is 1. The number of nitrogens with one attached hydrogen (secondary N) is 1. The molecule has 1 amide bonds. The van der Waals surface area contributed by atoms with Crippen molar-refractivity contribution >= 4 is 27.5 Å². The highest BCUT2D eigenvalue weighted by Crippen LogP contribution is 2.19. The summed E-state index contributed by atoms with van der Waals surface area (Å²) in [5.74, 6) is -0.374. The number of benzene rings is 1. The van der Waals surface area contributed by atoms with Gasteiger partial charge in [-0.15, -0.1) is 0 Å². The van der Waals surface area contributed by atoms with Crippen LogP contribution in [0.25, 0.3) is 0 Å². The maximum Gasteiger partial charge on any atom is 0.273 e. The predicted octanol–water partition coefficient (Wildman–Crippen LogP) is 2.81. The first-order chi connectivity index (χ1) is 10.4. The average Bonchev–Trinajstić information content (AvgIpc) is 2.85. The Morgan fingerprint density at radius 1 is 1.50 bits per heavy atom. The Hall–Kier alpha value is -2.22. The van der Waals surface area contributed by atoms with Crippen LogP contribution in [-0.2, 0) is 13.1 Å². The van der Waals surface area contributed by atoms with Crippen LogP contribution in [0.3, 0.4) is 0 Å². The van der Waals surface area contributed by atoms with Crippen LogP contribution in [0.1, 0.15) is 28.5 Å². The molecule has 0 fully saturated rings. The molecule has 0 radical (unpaired) electrons. The molecular formula is C14H15BrN4O3. The largest absolute Gasteiger partial charge is 0.346 e. The molecule has 22 heavy (non-hydrogen) atoms. The maximum atomic E-state index is 12.1. The van der Waals surface area contributed by atoms with E-state index in [9.17, 15) is 14.9 Å². The predicted molar refractivity (Wildman–Crippen MR) is 84.6 cm³/mol. The van der Waals surface area contributed by atoms with Gasteiger partial charge in [-0.25, -0.2) is 0 Å². The molecule has 1 N–H and O–H groups in total. The van der Waals surface area contributed by atoms with E-state index in [-0.39, 0.29) is 23.7 Å². The van der Waals surface area contributed by atoms with E-state index in [2.05, 4.69) is 26.3 Å². The number of hydrogen-bond donors (Lipinski definition) is 1. The van der Waals surface area contributed by atoms with E-state index < -0.39 is 4.92 Å². The van der Waals surface area contributed by atoms with E-state index in [1.54, 1.807) is 23.7 Å².